The number of nitrogens with two attached hydrogens (primary N) is 3. The molecule has 0 saturated carbocycles. The molecule has 0 radical (unpaired) electrons. The Kier molecular flexibility index (Phi) is 14.2. The molecule has 7 N–H and O–H groups in total. The van der Waals surface area contributed by atoms with E-state index in [-0.39, 0.29) is 18.9 Å². The lowest BCUT2D eigenvalue weighted by Gasteiger charge is -2.11. The Labute approximate surface area is 190 Å². The molecule has 0 aliphatic rings. The summed E-state index contributed by atoms with van der Waals surface area (Å²) < 4.78 is 6.43. The van der Waals surface area contributed by atoms with E-state index in [1.807, 2.05) is 0 Å². The molecule has 182 valence electrons. The summed E-state index contributed by atoms with van der Waals surface area (Å²) in [5.74, 6) is -1.25. The summed E-state index contributed by atoms with van der Waals surface area (Å²) in [5.41, 5.74) is 17.8. The minimum Gasteiger partial charge on any atom is -0.464 e. The fraction of sp³-hybridized carbons (Fsp3) is 0.727. The third kappa shape index (κ3) is 11.4. The van der Waals surface area contributed by atoms with Gasteiger partial charge in [-0.3, -0.25) is 19.0 Å². The van der Waals surface area contributed by atoms with Crippen LogP contribution in [0.25, 0.3) is 0 Å². The Bertz CT molecular complexity index is 694. The van der Waals surface area contributed by atoms with E-state index < -0.39 is 24.0 Å². The van der Waals surface area contributed by atoms with E-state index in [2.05, 4.69) is 17.2 Å². The Morgan fingerprint density at radius 2 is 1.78 bits per heavy atom. The van der Waals surface area contributed by atoms with E-state index in [0.717, 1.165) is 32.1 Å². The van der Waals surface area contributed by atoms with Crippen molar-refractivity contribution in [2.75, 3.05) is 19.7 Å². The molecule has 0 spiro atoms. The maximum absolute atomic E-state index is 12.3. The van der Waals surface area contributed by atoms with Gasteiger partial charge < -0.3 is 27.3 Å². The monoisotopic (exact) mass is 452 g/mol. The highest BCUT2D eigenvalue weighted by molar-refractivity contribution is 5.86. The van der Waals surface area contributed by atoms with Crippen molar-refractivity contribution < 1.29 is 19.1 Å². The number of aromatic nitrogens is 2. The molecule has 32 heavy (non-hydrogen) atoms. The first-order valence-corrected chi connectivity index (χ1v) is 11.6. The van der Waals surface area contributed by atoms with Gasteiger partial charge in [0.25, 0.3) is 0 Å². The summed E-state index contributed by atoms with van der Waals surface area (Å²) in [6, 6.07) is -1.54. The lowest BCUT2D eigenvalue weighted by Crippen LogP contribution is -2.44. The van der Waals surface area contributed by atoms with Crippen LogP contribution in [0.5, 0.6) is 0 Å². The Balaban J connectivity index is 2.29. The number of carbonyl (C=O) groups is 3. The van der Waals surface area contributed by atoms with Gasteiger partial charge in [-0.2, -0.15) is 0 Å². The normalized spacial score (nSPS) is 12.9. The SMILES string of the molecule is CCCCCCCCOC(=O)CNC(=O)[C@@H](N)Cc1cn(C(=O)[C@@H](N)CCCCN)cn1. The van der Waals surface area contributed by atoms with Crippen LogP contribution >= 0.6 is 0 Å². The number of imidazole rings is 1. The molecule has 10 heteroatoms. The van der Waals surface area contributed by atoms with E-state index in [4.69, 9.17) is 21.9 Å². The maximum Gasteiger partial charge on any atom is 0.325 e. The third-order valence-electron chi connectivity index (χ3n) is 5.11. The van der Waals surface area contributed by atoms with Crippen LogP contribution in [0.2, 0.25) is 0 Å². The van der Waals surface area contributed by atoms with E-state index in [1.165, 1.54) is 36.4 Å². The van der Waals surface area contributed by atoms with Crippen LogP contribution in [0.1, 0.15) is 75.2 Å². The van der Waals surface area contributed by atoms with E-state index >= 15 is 0 Å². The third-order valence-corrected chi connectivity index (χ3v) is 5.11. The highest BCUT2D eigenvalue weighted by Gasteiger charge is 2.19. The van der Waals surface area contributed by atoms with Crippen molar-refractivity contribution in [2.24, 2.45) is 17.2 Å². The summed E-state index contributed by atoms with van der Waals surface area (Å²) in [6.45, 7) is 2.85. The van der Waals surface area contributed by atoms with Crippen molar-refractivity contribution in [3.05, 3.63) is 18.2 Å². The van der Waals surface area contributed by atoms with Gasteiger partial charge in [-0.15, -0.1) is 0 Å². The van der Waals surface area contributed by atoms with Crippen molar-refractivity contribution >= 4 is 17.8 Å². The molecule has 0 aliphatic carbocycles. The number of rotatable bonds is 17. The van der Waals surface area contributed by atoms with Crippen LogP contribution in [0.3, 0.4) is 0 Å². The second-order valence-electron chi connectivity index (χ2n) is 8.02. The number of ether oxygens (including phenoxy) is 1. The molecule has 0 unspecified atom stereocenters. The molecule has 2 atom stereocenters. The largest absolute Gasteiger partial charge is 0.464 e. The van der Waals surface area contributed by atoms with Crippen LogP contribution in [-0.4, -0.2) is 59.1 Å². The predicted octanol–water partition coefficient (Wildman–Crippen LogP) is 0.869. The molecule has 1 heterocycles. The number of nitrogens with one attached hydrogen (secondary N) is 1. The van der Waals surface area contributed by atoms with Crippen LogP contribution in [-0.2, 0) is 20.7 Å². The summed E-state index contributed by atoms with van der Waals surface area (Å²) in [4.78, 5) is 40.4. The standard InChI is InChI=1S/C22H40N6O4/c1-2-3-4-5-6-9-12-32-20(29)14-26-21(30)19(25)13-17-15-28(16-27-17)22(31)18(24)10-7-8-11-23/h15-16,18-19H,2-14,23-25H2,1H3,(H,26,30)/t18-,19-/m0/s1. The number of unbranched alkanes of at least 4 members (excludes halogenated alkanes) is 6. The van der Waals surface area contributed by atoms with Crippen LogP contribution < -0.4 is 22.5 Å². The number of amides is 1. The highest BCUT2D eigenvalue weighted by atomic mass is 16.5. The average molecular weight is 453 g/mol. The number of esters is 1. The first kappa shape index (κ1) is 27.7. The molecular weight excluding hydrogens is 412 g/mol. The number of carbonyl (C=O) groups excluding carboxylic acids is 3. The molecule has 1 rings (SSSR count). The molecular formula is C22H40N6O4. The average Bonchev–Trinajstić information content (AvgIpc) is 3.24. The van der Waals surface area contributed by atoms with Crippen LogP contribution in [0.15, 0.2) is 12.5 Å². The Morgan fingerprint density at radius 1 is 1.06 bits per heavy atom. The number of hydrogen-bond acceptors (Lipinski definition) is 8. The zero-order valence-electron chi connectivity index (χ0n) is 19.3. The van der Waals surface area contributed by atoms with Crippen molar-refractivity contribution in [1.29, 1.82) is 0 Å². The van der Waals surface area contributed by atoms with Gasteiger partial charge in [-0.25, -0.2) is 4.98 Å². The van der Waals surface area contributed by atoms with Gasteiger partial charge in [-0.05, 0) is 25.8 Å². The summed E-state index contributed by atoms with van der Waals surface area (Å²) in [5, 5.41) is 2.48. The molecule has 1 amide bonds. The smallest absolute Gasteiger partial charge is 0.325 e. The molecule has 0 fully saturated rings. The lowest BCUT2D eigenvalue weighted by atomic mass is 10.1. The van der Waals surface area contributed by atoms with E-state index in [9.17, 15) is 14.4 Å². The minimum atomic E-state index is -0.905. The Hall–Kier alpha value is -2.30. The second-order valence-corrected chi connectivity index (χ2v) is 8.02. The summed E-state index contributed by atoms with van der Waals surface area (Å²) in [6.07, 6.45) is 11.7. The zero-order valence-corrected chi connectivity index (χ0v) is 19.3. The topological polar surface area (TPSA) is 168 Å². The molecule has 0 aliphatic heterocycles. The van der Waals surface area contributed by atoms with Crippen molar-refractivity contribution in [1.82, 2.24) is 14.9 Å². The van der Waals surface area contributed by atoms with Gasteiger partial charge in [0, 0.05) is 12.6 Å². The Morgan fingerprint density at radius 3 is 2.50 bits per heavy atom. The van der Waals surface area contributed by atoms with Gasteiger partial charge in [-0.1, -0.05) is 45.4 Å². The van der Waals surface area contributed by atoms with E-state index in [0.29, 0.717) is 25.3 Å². The fourth-order valence-electron chi connectivity index (χ4n) is 3.14. The van der Waals surface area contributed by atoms with Crippen molar-refractivity contribution in [2.45, 2.75) is 83.2 Å². The van der Waals surface area contributed by atoms with Crippen LogP contribution in [0, 0.1) is 0 Å². The number of nitrogens with zero attached hydrogens (tertiary/aromatic N) is 2. The fourth-order valence-corrected chi connectivity index (χ4v) is 3.14. The van der Waals surface area contributed by atoms with E-state index in [1.54, 1.807) is 0 Å². The molecule has 0 bridgehead atoms. The second kappa shape index (κ2) is 16.3. The first-order chi connectivity index (χ1) is 15.4. The maximum atomic E-state index is 12.3. The predicted molar refractivity (Wildman–Crippen MR) is 123 cm³/mol. The van der Waals surface area contributed by atoms with Gasteiger partial charge in [0.15, 0.2) is 0 Å². The molecule has 0 saturated heterocycles. The minimum absolute atomic E-state index is 0.126. The molecule has 10 nitrogen and oxygen atoms in total. The zero-order chi connectivity index (χ0) is 23.8. The lowest BCUT2D eigenvalue weighted by molar-refractivity contribution is -0.144. The quantitative estimate of drug-likeness (QED) is 0.199. The molecule has 1 aromatic rings. The van der Waals surface area contributed by atoms with Crippen molar-refractivity contribution in [3.8, 4) is 0 Å². The van der Waals surface area contributed by atoms with Gasteiger partial charge in [0.2, 0.25) is 11.8 Å². The highest BCUT2D eigenvalue weighted by Crippen LogP contribution is 2.06. The van der Waals surface area contributed by atoms with Gasteiger partial charge in [0.05, 0.1) is 24.4 Å². The first-order valence-electron chi connectivity index (χ1n) is 11.6. The van der Waals surface area contributed by atoms with Gasteiger partial charge in [0.1, 0.15) is 12.9 Å². The number of hydrogen-bond donors (Lipinski definition) is 4. The molecule has 0 aromatic carbocycles. The van der Waals surface area contributed by atoms with Crippen LogP contribution in [0.4, 0.5) is 0 Å². The summed E-state index contributed by atoms with van der Waals surface area (Å²) in [7, 11) is 0. The van der Waals surface area contributed by atoms with Gasteiger partial charge >= 0.3 is 5.97 Å². The van der Waals surface area contributed by atoms with Crippen molar-refractivity contribution in [3.63, 3.8) is 0 Å². The summed E-state index contributed by atoms with van der Waals surface area (Å²) >= 11 is 0. The molecule has 1 aromatic heterocycles.